The molecule has 0 saturated heterocycles. The lowest BCUT2D eigenvalue weighted by atomic mass is 10.3. The summed E-state index contributed by atoms with van der Waals surface area (Å²) < 4.78 is 1.74. The number of anilines is 1. The highest BCUT2D eigenvalue weighted by Crippen LogP contribution is 2.20. The fourth-order valence-corrected chi connectivity index (χ4v) is 2.18. The molecule has 1 amide bonds. The van der Waals surface area contributed by atoms with E-state index in [0.29, 0.717) is 23.7 Å². The molecular formula is C15H20N4O2. The van der Waals surface area contributed by atoms with Gasteiger partial charge in [-0.15, -0.1) is 0 Å². The number of nitrogens with zero attached hydrogens (tertiary/aromatic N) is 4. The average molecular weight is 288 g/mol. The van der Waals surface area contributed by atoms with Gasteiger partial charge in [-0.1, -0.05) is 13.0 Å². The molecule has 2 heterocycles. The van der Waals surface area contributed by atoms with Crippen LogP contribution >= 0.6 is 0 Å². The molecule has 0 fully saturated rings. The first-order chi connectivity index (χ1) is 10.1. The molecular weight excluding hydrogens is 268 g/mol. The van der Waals surface area contributed by atoms with Crippen LogP contribution in [0.2, 0.25) is 0 Å². The van der Waals surface area contributed by atoms with Crippen molar-refractivity contribution in [3.8, 4) is 0 Å². The van der Waals surface area contributed by atoms with Crippen molar-refractivity contribution in [2.45, 2.75) is 13.3 Å². The molecule has 21 heavy (non-hydrogen) atoms. The van der Waals surface area contributed by atoms with Crippen molar-refractivity contribution in [1.82, 2.24) is 14.3 Å². The van der Waals surface area contributed by atoms with Crippen LogP contribution in [0.25, 0.3) is 5.65 Å². The molecule has 0 bridgehead atoms. The Morgan fingerprint density at radius 1 is 1.38 bits per heavy atom. The quantitative estimate of drug-likeness (QED) is 0.755. The molecule has 112 valence electrons. The number of aromatic nitrogens is 2. The van der Waals surface area contributed by atoms with Crippen LogP contribution < -0.4 is 4.90 Å². The van der Waals surface area contributed by atoms with Gasteiger partial charge in [-0.05, 0) is 18.6 Å². The summed E-state index contributed by atoms with van der Waals surface area (Å²) in [6.07, 6.45) is 3.46. The summed E-state index contributed by atoms with van der Waals surface area (Å²) in [6.45, 7) is 2.92. The first-order valence-corrected chi connectivity index (χ1v) is 6.95. The predicted octanol–water partition coefficient (Wildman–Crippen LogP) is 1.45. The first kappa shape index (κ1) is 15.0. The zero-order chi connectivity index (χ0) is 15.4. The van der Waals surface area contributed by atoms with E-state index >= 15 is 0 Å². The van der Waals surface area contributed by atoms with Gasteiger partial charge in [0, 0.05) is 26.8 Å². The fraction of sp³-hybridized carbons (Fsp3) is 0.400. The lowest BCUT2D eigenvalue weighted by molar-refractivity contribution is -0.127. The van der Waals surface area contributed by atoms with E-state index in [1.54, 1.807) is 29.6 Å². The van der Waals surface area contributed by atoms with E-state index in [2.05, 4.69) is 4.98 Å². The summed E-state index contributed by atoms with van der Waals surface area (Å²) in [4.78, 5) is 31.3. The number of likely N-dealkylation sites (N-methyl/N-ethyl adjacent to an activating group) is 1. The molecule has 6 nitrogen and oxygen atoms in total. The number of imidazole rings is 1. The summed E-state index contributed by atoms with van der Waals surface area (Å²) in [5.41, 5.74) is 1.18. The monoisotopic (exact) mass is 288 g/mol. The maximum absolute atomic E-state index is 12.0. The zero-order valence-electron chi connectivity index (χ0n) is 12.6. The Morgan fingerprint density at radius 2 is 2.14 bits per heavy atom. The van der Waals surface area contributed by atoms with Gasteiger partial charge in [0.2, 0.25) is 5.91 Å². The second-order valence-electron chi connectivity index (χ2n) is 5.08. The van der Waals surface area contributed by atoms with E-state index in [1.807, 2.05) is 30.0 Å². The molecule has 0 aliphatic rings. The second-order valence-corrected chi connectivity index (χ2v) is 5.08. The number of rotatable bonds is 6. The Kier molecular flexibility index (Phi) is 4.57. The molecule has 0 radical (unpaired) electrons. The van der Waals surface area contributed by atoms with Crippen LogP contribution in [0.3, 0.4) is 0 Å². The smallest absolute Gasteiger partial charge is 0.241 e. The van der Waals surface area contributed by atoms with Gasteiger partial charge >= 0.3 is 0 Å². The number of carbonyl (C=O) groups excluding carboxylic acids is 2. The van der Waals surface area contributed by atoms with Crippen molar-refractivity contribution in [1.29, 1.82) is 0 Å². The van der Waals surface area contributed by atoms with E-state index in [0.717, 1.165) is 12.7 Å². The van der Waals surface area contributed by atoms with Gasteiger partial charge < -0.3 is 9.80 Å². The van der Waals surface area contributed by atoms with Gasteiger partial charge in [0.1, 0.15) is 11.3 Å². The molecule has 0 unspecified atom stereocenters. The van der Waals surface area contributed by atoms with E-state index < -0.39 is 0 Å². The Hall–Kier alpha value is -2.37. The van der Waals surface area contributed by atoms with Gasteiger partial charge in [-0.25, -0.2) is 4.98 Å². The third-order valence-corrected chi connectivity index (χ3v) is 3.28. The highest BCUT2D eigenvalue weighted by Gasteiger charge is 2.20. The lowest BCUT2D eigenvalue weighted by Crippen LogP contribution is -2.37. The molecule has 2 aromatic heterocycles. The Balaban J connectivity index is 2.44. The minimum Gasteiger partial charge on any atom is -0.347 e. The Morgan fingerprint density at radius 3 is 2.76 bits per heavy atom. The molecule has 6 heteroatoms. The van der Waals surface area contributed by atoms with Gasteiger partial charge in [0.15, 0.2) is 12.1 Å². The topological polar surface area (TPSA) is 57.9 Å². The summed E-state index contributed by atoms with van der Waals surface area (Å²) >= 11 is 0. The van der Waals surface area contributed by atoms with Crippen LogP contribution in [0.5, 0.6) is 0 Å². The summed E-state index contributed by atoms with van der Waals surface area (Å²) in [6, 6.07) is 5.56. The number of fused-ring (bicyclic) bond motifs is 1. The largest absolute Gasteiger partial charge is 0.347 e. The van der Waals surface area contributed by atoms with Gasteiger partial charge in [0.05, 0.1) is 6.54 Å². The maximum atomic E-state index is 12.0. The molecule has 0 N–H and O–H groups in total. The van der Waals surface area contributed by atoms with Crippen LogP contribution in [0.1, 0.15) is 23.8 Å². The molecule has 2 aromatic rings. The van der Waals surface area contributed by atoms with Crippen molar-refractivity contribution < 1.29 is 9.59 Å². The second kappa shape index (κ2) is 6.39. The zero-order valence-corrected chi connectivity index (χ0v) is 12.6. The van der Waals surface area contributed by atoms with Crippen molar-refractivity contribution in [2.75, 3.05) is 32.1 Å². The summed E-state index contributed by atoms with van der Waals surface area (Å²) in [7, 11) is 3.44. The van der Waals surface area contributed by atoms with Crippen molar-refractivity contribution >= 4 is 23.7 Å². The van der Waals surface area contributed by atoms with Crippen molar-refractivity contribution in [3.05, 3.63) is 30.1 Å². The van der Waals surface area contributed by atoms with Crippen molar-refractivity contribution in [2.24, 2.45) is 0 Å². The fourth-order valence-electron chi connectivity index (χ4n) is 2.18. The highest BCUT2D eigenvalue weighted by molar-refractivity contribution is 5.86. The van der Waals surface area contributed by atoms with Crippen LogP contribution in [0.4, 0.5) is 5.82 Å². The van der Waals surface area contributed by atoms with Crippen LogP contribution in [0, 0.1) is 0 Å². The summed E-state index contributed by atoms with van der Waals surface area (Å²) in [5.74, 6) is 0.547. The van der Waals surface area contributed by atoms with Crippen LogP contribution in [-0.4, -0.2) is 53.7 Å². The Bertz CT molecular complexity index is 648. The van der Waals surface area contributed by atoms with Crippen molar-refractivity contribution in [3.63, 3.8) is 0 Å². The third-order valence-electron chi connectivity index (χ3n) is 3.28. The summed E-state index contributed by atoms with van der Waals surface area (Å²) in [5, 5.41) is 0. The van der Waals surface area contributed by atoms with E-state index in [1.165, 1.54) is 0 Å². The predicted molar refractivity (Wildman–Crippen MR) is 81.8 cm³/mol. The molecule has 0 saturated carbocycles. The molecule has 0 aromatic carbocycles. The van der Waals surface area contributed by atoms with Gasteiger partial charge in [-0.2, -0.15) is 0 Å². The van der Waals surface area contributed by atoms with Gasteiger partial charge in [0.25, 0.3) is 0 Å². The molecule has 0 aliphatic carbocycles. The third kappa shape index (κ3) is 3.04. The maximum Gasteiger partial charge on any atom is 0.241 e. The molecule has 2 rings (SSSR count). The molecule has 0 atom stereocenters. The van der Waals surface area contributed by atoms with Crippen LogP contribution in [-0.2, 0) is 4.79 Å². The first-order valence-electron chi connectivity index (χ1n) is 6.95. The minimum absolute atomic E-state index is 0.0163. The standard InChI is InChI=1S/C15H20N4O2/c1-4-8-18(10-14(21)17(2)3)15-12(11-20)19-9-6-5-7-13(19)16-15/h5-7,9,11H,4,8,10H2,1-3H3. The number of aldehydes is 1. The number of hydrogen-bond donors (Lipinski definition) is 0. The van der Waals surface area contributed by atoms with E-state index in [4.69, 9.17) is 0 Å². The minimum atomic E-state index is -0.0163. The number of carbonyl (C=O) groups is 2. The lowest BCUT2D eigenvalue weighted by Gasteiger charge is -2.23. The SMILES string of the molecule is CCCN(CC(=O)N(C)C)c1nc2ccccn2c1C=O. The average Bonchev–Trinajstić information content (AvgIpc) is 2.84. The molecule has 0 aliphatic heterocycles. The van der Waals surface area contributed by atoms with E-state index in [9.17, 15) is 9.59 Å². The van der Waals surface area contributed by atoms with Crippen LogP contribution in [0.15, 0.2) is 24.4 Å². The van der Waals surface area contributed by atoms with E-state index in [-0.39, 0.29) is 12.5 Å². The number of pyridine rings is 1. The van der Waals surface area contributed by atoms with Gasteiger partial charge in [-0.3, -0.25) is 14.0 Å². The number of amides is 1. The Labute approximate surface area is 124 Å². The molecule has 0 spiro atoms. The normalized spacial score (nSPS) is 10.6. The number of hydrogen-bond acceptors (Lipinski definition) is 4. The highest BCUT2D eigenvalue weighted by atomic mass is 16.2.